The molecular formula is C9H18ClNO. The highest BCUT2D eigenvalue weighted by atomic mass is 35.5. The van der Waals surface area contributed by atoms with Crippen LogP contribution in [0.25, 0.3) is 0 Å². The van der Waals surface area contributed by atoms with Gasteiger partial charge in [-0.25, -0.2) is 0 Å². The molecule has 1 aliphatic rings. The molecule has 1 atom stereocenters. The number of ether oxygens (including phenoxy) is 1. The zero-order chi connectivity index (χ0) is 8.81. The maximum atomic E-state index is 5.94. The summed E-state index contributed by atoms with van der Waals surface area (Å²) >= 11 is 5.94. The Morgan fingerprint density at radius 3 is 2.83 bits per heavy atom. The Morgan fingerprint density at radius 1 is 1.58 bits per heavy atom. The van der Waals surface area contributed by atoms with E-state index in [4.69, 9.17) is 16.3 Å². The van der Waals surface area contributed by atoms with E-state index in [0.29, 0.717) is 6.61 Å². The Labute approximate surface area is 79.6 Å². The van der Waals surface area contributed by atoms with Gasteiger partial charge in [0, 0.05) is 13.7 Å². The molecule has 0 saturated heterocycles. The van der Waals surface area contributed by atoms with Gasteiger partial charge in [0.2, 0.25) is 0 Å². The number of hydrogen-bond acceptors (Lipinski definition) is 2. The number of rotatable bonds is 6. The van der Waals surface area contributed by atoms with Crippen LogP contribution < -0.4 is 5.32 Å². The van der Waals surface area contributed by atoms with Crippen molar-refractivity contribution in [1.82, 2.24) is 5.32 Å². The highest BCUT2D eigenvalue weighted by Gasteiger charge is 2.16. The molecule has 1 rings (SSSR count). The first-order valence-electron chi connectivity index (χ1n) is 4.66. The molecule has 1 fully saturated rings. The van der Waals surface area contributed by atoms with Crippen molar-refractivity contribution in [3.63, 3.8) is 0 Å². The second kappa shape index (κ2) is 5.79. The molecule has 0 aliphatic heterocycles. The molecule has 1 aliphatic carbocycles. The van der Waals surface area contributed by atoms with Gasteiger partial charge in [0.25, 0.3) is 0 Å². The van der Waals surface area contributed by atoms with Crippen LogP contribution in [0, 0.1) is 5.92 Å². The molecule has 72 valence electrons. The van der Waals surface area contributed by atoms with Crippen LogP contribution in [0.1, 0.15) is 19.3 Å². The summed E-state index contributed by atoms with van der Waals surface area (Å²) in [6.07, 6.45) is 4.20. The van der Waals surface area contributed by atoms with Crippen molar-refractivity contribution >= 4 is 11.6 Å². The van der Waals surface area contributed by atoms with Gasteiger partial charge in [-0.2, -0.15) is 0 Å². The molecule has 1 N–H and O–H groups in total. The maximum Gasteiger partial charge on any atom is 0.0693 e. The number of methoxy groups -OCH3 is 1. The van der Waals surface area contributed by atoms with Gasteiger partial charge < -0.3 is 10.1 Å². The molecule has 0 bridgehead atoms. The lowest BCUT2D eigenvalue weighted by Crippen LogP contribution is -2.32. The lowest BCUT2D eigenvalue weighted by atomic mass is 9.85. The van der Waals surface area contributed by atoms with Crippen molar-refractivity contribution in [2.24, 2.45) is 5.92 Å². The van der Waals surface area contributed by atoms with Gasteiger partial charge in [0.05, 0.1) is 12.0 Å². The zero-order valence-corrected chi connectivity index (χ0v) is 8.44. The highest BCUT2D eigenvalue weighted by molar-refractivity contribution is 6.20. The summed E-state index contributed by atoms with van der Waals surface area (Å²) in [6.45, 7) is 2.64. The van der Waals surface area contributed by atoms with E-state index in [1.54, 1.807) is 7.11 Å². The molecule has 3 heteroatoms. The third-order valence-electron chi connectivity index (χ3n) is 2.37. The van der Waals surface area contributed by atoms with E-state index in [1.165, 1.54) is 19.3 Å². The summed E-state index contributed by atoms with van der Waals surface area (Å²) in [4.78, 5) is 0. The van der Waals surface area contributed by atoms with Crippen molar-refractivity contribution in [2.75, 3.05) is 26.8 Å². The Balaban J connectivity index is 1.86. The topological polar surface area (TPSA) is 21.3 Å². The van der Waals surface area contributed by atoms with Crippen LogP contribution in [0.5, 0.6) is 0 Å². The van der Waals surface area contributed by atoms with E-state index in [0.717, 1.165) is 19.0 Å². The Bertz CT molecular complexity index is 117. The molecule has 1 saturated carbocycles. The summed E-state index contributed by atoms with van der Waals surface area (Å²) in [5.74, 6) is 0.913. The minimum Gasteiger partial charge on any atom is -0.383 e. The molecule has 0 spiro atoms. The zero-order valence-electron chi connectivity index (χ0n) is 7.68. The second-order valence-electron chi connectivity index (χ2n) is 3.51. The number of nitrogens with one attached hydrogen (secondary N) is 1. The van der Waals surface area contributed by atoms with Crippen molar-refractivity contribution in [2.45, 2.75) is 24.6 Å². The highest BCUT2D eigenvalue weighted by Crippen LogP contribution is 2.25. The third-order valence-corrected chi connectivity index (χ3v) is 2.65. The number of hydrogen-bond donors (Lipinski definition) is 1. The molecule has 0 heterocycles. The van der Waals surface area contributed by atoms with Crippen molar-refractivity contribution in [1.29, 1.82) is 0 Å². The molecule has 0 aromatic rings. The Morgan fingerprint density at radius 2 is 2.33 bits per heavy atom. The molecule has 0 amide bonds. The van der Waals surface area contributed by atoms with Crippen LogP contribution >= 0.6 is 11.6 Å². The van der Waals surface area contributed by atoms with Crippen LogP contribution in [0.15, 0.2) is 0 Å². The van der Waals surface area contributed by atoms with Crippen LogP contribution in [0.2, 0.25) is 0 Å². The lowest BCUT2D eigenvalue weighted by molar-refractivity contribution is 0.195. The van der Waals surface area contributed by atoms with Crippen LogP contribution in [0.4, 0.5) is 0 Å². The summed E-state index contributed by atoms with van der Waals surface area (Å²) < 4.78 is 4.93. The summed E-state index contributed by atoms with van der Waals surface area (Å²) in [5.41, 5.74) is 0. The normalized spacial score (nSPS) is 20.5. The van der Waals surface area contributed by atoms with Crippen LogP contribution in [-0.2, 0) is 4.74 Å². The standard InChI is InChI=1S/C9H18ClNO/c1-12-7-9(10)6-11-5-8-3-2-4-8/h8-9,11H,2-7H2,1H3. The van der Waals surface area contributed by atoms with Crippen LogP contribution in [0.3, 0.4) is 0 Å². The van der Waals surface area contributed by atoms with E-state index >= 15 is 0 Å². The smallest absolute Gasteiger partial charge is 0.0693 e. The predicted octanol–water partition coefficient (Wildman–Crippen LogP) is 1.63. The lowest BCUT2D eigenvalue weighted by Gasteiger charge is -2.25. The summed E-state index contributed by atoms with van der Waals surface area (Å²) in [7, 11) is 1.68. The fourth-order valence-electron chi connectivity index (χ4n) is 1.38. The molecule has 0 aromatic heterocycles. The van der Waals surface area contributed by atoms with Gasteiger partial charge in [0.15, 0.2) is 0 Å². The van der Waals surface area contributed by atoms with Gasteiger partial charge in [-0.3, -0.25) is 0 Å². The summed E-state index contributed by atoms with van der Waals surface area (Å²) in [6, 6.07) is 0. The van der Waals surface area contributed by atoms with Gasteiger partial charge >= 0.3 is 0 Å². The van der Waals surface area contributed by atoms with Crippen molar-refractivity contribution < 1.29 is 4.74 Å². The number of halogens is 1. The van der Waals surface area contributed by atoms with E-state index < -0.39 is 0 Å². The molecule has 0 aromatic carbocycles. The quantitative estimate of drug-likeness (QED) is 0.645. The van der Waals surface area contributed by atoms with Crippen molar-refractivity contribution in [3.05, 3.63) is 0 Å². The average molecular weight is 192 g/mol. The van der Waals surface area contributed by atoms with E-state index in [2.05, 4.69) is 5.32 Å². The average Bonchev–Trinajstić information content (AvgIpc) is 1.95. The monoisotopic (exact) mass is 191 g/mol. The molecular weight excluding hydrogens is 174 g/mol. The van der Waals surface area contributed by atoms with Gasteiger partial charge in [-0.15, -0.1) is 11.6 Å². The fraction of sp³-hybridized carbons (Fsp3) is 1.00. The first-order valence-corrected chi connectivity index (χ1v) is 5.10. The fourth-order valence-corrected chi connectivity index (χ4v) is 1.62. The van der Waals surface area contributed by atoms with E-state index in [9.17, 15) is 0 Å². The van der Waals surface area contributed by atoms with Gasteiger partial charge in [0.1, 0.15) is 0 Å². The van der Waals surface area contributed by atoms with E-state index in [-0.39, 0.29) is 5.38 Å². The Hall–Kier alpha value is 0.210. The maximum absolute atomic E-state index is 5.94. The first-order chi connectivity index (χ1) is 5.83. The van der Waals surface area contributed by atoms with E-state index in [1.807, 2.05) is 0 Å². The van der Waals surface area contributed by atoms with Gasteiger partial charge in [-0.1, -0.05) is 6.42 Å². The van der Waals surface area contributed by atoms with Crippen LogP contribution in [-0.4, -0.2) is 32.2 Å². The minimum atomic E-state index is 0.120. The molecule has 1 unspecified atom stereocenters. The largest absolute Gasteiger partial charge is 0.383 e. The number of alkyl halides is 1. The molecule has 2 nitrogen and oxygen atoms in total. The Kier molecular flexibility index (Phi) is 4.96. The second-order valence-corrected chi connectivity index (χ2v) is 4.13. The predicted molar refractivity (Wildman–Crippen MR) is 51.7 cm³/mol. The third kappa shape index (κ3) is 3.74. The first kappa shape index (κ1) is 10.3. The molecule has 0 radical (unpaired) electrons. The van der Waals surface area contributed by atoms with Gasteiger partial charge in [-0.05, 0) is 25.3 Å². The molecule has 12 heavy (non-hydrogen) atoms. The van der Waals surface area contributed by atoms with Crippen molar-refractivity contribution in [3.8, 4) is 0 Å². The SMILES string of the molecule is COCC(Cl)CNCC1CCC1. The summed E-state index contributed by atoms with van der Waals surface area (Å²) in [5, 5.41) is 3.48. The minimum absolute atomic E-state index is 0.120.